The molecule has 0 bridgehead atoms. The molecule has 2 aromatic rings. The molecule has 154 valence electrons. The molecule has 2 rings (SSSR count). The first-order valence-electron chi connectivity index (χ1n) is 8.89. The lowest BCUT2D eigenvalue weighted by molar-refractivity contribution is -0.159. The van der Waals surface area contributed by atoms with Crippen LogP contribution in [0.4, 0.5) is 0 Å². The maximum absolute atomic E-state index is 12.6. The SMILES string of the molecule is COC(=O)C[C@@H](C(=O)OC)[C@H](NC(=O)Cc1ccc2ccccc2c1)C(=O)OC. The summed E-state index contributed by atoms with van der Waals surface area (Å²) in [6.45, 7) is 0. The first-order valence-corrected chi connectivity index (χ1v) is 8.89. The van der Waals surface area contributed by atoms with E-state index in [0.29, 0.717) is 0 Å². The molecule has 0 fully saturated rings. The van der Waals surface area contributed by atoms with Crippen molar-refractivity contribution >= 4 is 34.6 Å². The number of carbonyl (C=O) groups is 4. The highest BCUT2D eigenvalue weighted by Gasteiger charge is 2.38. The van der Waals surface area contributed by atoms with Gasteiger partial charge in [0.25, 0.3) is 0 Å². The molecule has 0 radical (unpaired) electrons. The van der Waals surface area contributed by atoms with E-state index in [1.165, 1.54) is 0 Å². The second-order valence-corrected chi connectivity index (χ2v) is 6.34. The van der Waals surface area contributed by atoms with E-state index in [-0.39, 0.29) is 6.42 Å². The zero-order valence-electron chi connectivity index (χ0n) is 16.5. The highest BCUT2D eigenvalue weighted by molar-refractivity contribution is 5.92. The molecule has 0 heterocycles. The fourth-order valence-electron chi connectivity index (χ4n) is 2.96. The molecular weight excluding hydrogens is 378 g/mol. The summed E-state index contributed by atoms with van der Waals surface area (Å²) in [7, 11) is 3.40. The van der Waals surface area contributed by atoms with Crippen molar-refractivity contribution in [2.24, 2.45) is 5.92 Å². The van der Waals surface area contributed by atoms with E-state index >= 15 is 0 Å². The van der Waals surface area contributed by atoms with Gasteiger partial charge in [-0.25, -0.2) is 4.79 Å². The van der Waals surface area contributed by atoms with E-state index in [0.717, 1.165) is 37.7 Å². The van der Waals surface area contributed by atoms with Gasteiger partial charge < -0.3 is 19.5 Å². The lowest BCUT2D eigenvalue weighted by atomic mass is 9.95. The number of hydrogen-bond donors (Lipinski definition) is 1. The van der Waals surface area contributed by atoms with E-state index in [9.17, 15) is 19.2 Å². The second kappa shape index (κ2) is 10.2. The number of ether oxygens (including phenoxy) is 3. The molecule has 0 aliphatic heterocycles. The van der Waals surface area contributed by atoms with Crippen LogP contribution in [0.2, 0.25) is 0 Å². The number of methoxy groups -OCH3 is 3. The topological polar surface area (TPSA) is 108 Å². The minimum atomic E-state index is -1.39. The van der Waals surface area contributed by atoms with E-state index in [4.69, 9.17) is 4.74 Å². The maximum atomic E-state index is 12.6. The smallest absolute Gasteiger partial charge is 0.329 e. The number of hydrogen-bond acceptors (Lipinski definition) is 7. The van der Waals surface area contributed by atoms with Gasteiger partial charge in [-0.15, -0.1) is 0 Å². The second-order valence-electron chi connectivity index (χ2n) is 6.34. The Morgan fingerprint density at radius 3 is 2.14 bits per heavy atom. The fourth-order valence-corrected chi connectivity index (χ4v) is 2.96. The van der Waals surface area contributed by atoms with Gasteiger partial charge in [0.1, 0.15) is 6.04 Å². The van der Waals surface area contributed by atoms with Crippen molar-refractivity contribution < 1.29 is 33.4 Å². The molecule has 2 aromatic carbocycles. The lowest BCUT2D eigenvalue weighted by Crippen LogP contribution is -2.50. The van der Waals surface area contributed by atoms with Crippen LogP contribution in [0.25, 0.3) is 10.8 Å². The van der Waals surface area contributed by atoms with Crippen molar-refractivity contribution in [1.29, 1.82) is 0 Å². The van der Waals surface area contributed by atoms with Crippen molar-refractivity contribution in [3.8, 4) is 0 Å². The summed E-state index contributed by atoms with van der Waals surface area (Å²) in [4.78, 5) is 48.6. The number of esters is 3. The predicted molar refractivity (Wildman–Crippen MR) is 104 cm³/mol. The molecule has 8 heteroatoms. The van der Waals surface area contributed by atoms with Crippen LogP contribution in [0.3, 0.4) is 0 Å². The van der Waals surface area contributed by atoms with Crippen LogP contribution in [0.15, 0.2) is 42.5 Å². The zero-order chi connectivity index (χ0) is 21.4. The third-order valence-electron chi connectivity index (χ3n) is 4.47. The summed E-state index contributed by atoms with van der Waals surface area (Å²) in [6, 6.07) is 11.9. The minimum absolute atomic E-state index is 0.0234. The average molecular weight is 401 g/mol. The quantitative estimate of drug-likeness (QED) is 0.526. The van der Waals surface area contributed by atoms with E-state index in [2.05, 4.69) is 14.8 Å². The normalized spacial score (nSPS) is 12.5. The maximum Gasteiger partial charge on any atom is 0.329 e. The first kappa shape index (κ1) is 21.9. The Bertz CT molecular complexity index is 909. The number of carbonyl (C=O) groups excluding carboxylic acids is 4. The van der Waals surface area contributed by atoms with Gasteiger partial charge in [-0.1, -0.05) is 42.5 Å². The zero-order valence-corrected chi connectivity index (χ0v) is 16.5. The molecule has 0 aliphatic carbocycles. The molecule has 29 heavy (non-hydrogen) atoms. The molecule has 0 spiro atoms. The third kappa shape index (κ3) is 5.78. The van der Waals surface area contributed by atoms with Crippen molar-refractivity contribution in [3.63, 3.8) is 0 Å². The van der Waals surface area contributed by atoms with Gasteiger partial charge >= 0.3 is 17.9 Å². The Kier molecular flexibility index (Phi) is 7.70. The monoisotopic (exact) mass is 401 g/mol. The van der Waals surface area contributed by atoms with Crippen LogP contribution < -0.4 is 5.32 Å². The molecule has 0 saturated heterocycles. The van der Waals surface area contributed by atoms with Gasteiger partial charge in [0.05, 0.1) is 40.1 Å². The van der Waals surface area contributed by atoms with Gasteiger partial charge in [0.2, 0.25) is 5.91 Å². The Hall–Kier alpha value is -3.42. The summed E-state index contributed by atoms with van der Waals surface area (Å²) >= 11 is 0. The number of fused-ring (bicyclic) bond motifs is 1. The summed E-state index contributed by atoms with van der Waals surface area (Å²) in [5, 5.41) is 4.49. The predicted octanol–water partition coefficient (Wildman–Crippen LogP) is 1.39. The summed E-state index contributed by atoms with van der Waals surface area (Å²) < 4.78 is 13.9. The largest absolute Gasteiger partial charge is 0.469 e. The number of rotatable bonds is 8. The van der Waals surface area contributed by atoms with Crippen molar-refractivity contribution in [2.45, 2.75) is 18.9 Å². The first-order chi connectivity index (χ1) is 13.9. The van der Waals surface area contributed by atoms with Gasteiger partial charge in [-0.2, -0.15) is 0 Å². The molecule has 0 aliphatic rings. The lowest BCUT2D eigenvalue weighted by Gasteiger charge is -2.23. The molecular formula is C21H23NO7. The fraction of sp³-hybridized carbons (Fsp3) is 0.333. The molecule has 0 aromatic heterocycles. The third-order valence-corrected chi connectivity index (χ3v) is 4.47. The summed E-state index contributed by atoms with van der Waals surface area (Å²) in [6.07, 6.45) is -0.469. The van der Waals surface area contributed by atoms with Gasteiger partial charge in [0.15, 0.2) is 0 Å². The van der Waals surface area contributed by atoms with Crippen LogP contribution in [-0.2, 0) is 39.8 Å². The number of benzene rings is 2. The Morgan fingerprint density at radius 2 is 1.52 bits per heavy atom. The van der Waals surface area contributed by atoms with Gasteiger partial charge in [-0.05, 0) is 16.3 Å². The summed E-state index contributed by atoms with van der Waals surface area (Å²) in [5.74, 6) is -4.21. The standard InChI is InChI=1S/C21H23NO7/c1-27-18(24)12-16(20(25)28-2)19(21(26)29-3)22-17(23)11-13-8-9-14-6-4-5-7-15(14)10-13/h4-10,16,19H,11-12H2,1-3H3,(H,22,23)/t16-,19+/m1/s1. The Balaban J connectivity index is 2.20. The van der Waals surface area contributed by atoms with Crippen LogP contribution in [0.1, 0.15) is 12.0 Å². The molecule has 0 unspecified atom stereocenters. The summed E-state index contributed by atoms with van der Waals surface area (Å²) in [5.41, 5.74) is 0.729. The minimum Gasteiger partial charge on any atom is -0.469 e. The highest BCUT2D eigenvalue weighted by atomic mass is 16.5. The van der Waals surface area contributed by atoms with Crippen molar-refractivity contribution in [1.82, 2.24) is 5.32 Å². The Morgan fingerprint density at radius 1 is 0.862 bits per heavy atom. The molecule has 1 amide bonds. The Labute approximate surface area is 168 Å². The van der Waals surface area contributed by atoms with E-state index < -0.39 is 42.2 Å². The van der Waals surface area contributed by atoms with Crippen LogP contribution in [-0.4, -0.2) is 51.2 Å². The molecule has 1 N–H and O–H groups in total. The number of nitrogens with one attached hydrogen (secondary N) is 1. The highest BCUT2D eigenvalue weighted by Crippen LogP contribution is 2.17. The van der Waals surface area contributed by atoms with Crippen molar-refractivity contribution in [2.75, 3.05) is 21.3 Å². The van der Waals surface area contributed by atoms with E-state index in [1.807, 2.05) is 36.4 Å². The molecule has 0 saturated carbocycles. The number of amides is 1. The van der Waals surface area contributed by atoms with Crippen molar-refractivity contribution in [3.05, 3.63) is 48.0 Å². The van der Waals surface area contributed by atoms with Crippen LogP contribution in [0.5, 0.6) is 0 Å². The molecule has 8 nitrogen and oxygen atoms in total. The van der Waals surface area contributed by atoms with Crippen LogP contribution in [0, 0.1) is 5.92 Å². The van der Waals surface area contributed by atoms with Crippen LogP contribution >= 0.6 is 0 Å². The average Bonchev–Trinajstić information content (AvgIpc) is 2.74. The van der Waals surface area contributed by atoms with E-state index in [1.54, 1.807) is 6.07 Å². The van der Waals surface area contributed by atoms with Gasteiger partial charge in [0, 0.05) is 0 Å². The van der Waals surface area contributed by atoms with Gasteiger partial charge in [-0.3, -0.25) is 14.4 Å². The molecule has 2 atom stereocenters.